The zero-order valence-electron chi connectivity index (χ0n) is 13.7. The number of hydrogen-bond donors (Lipinski definition) is 0. The number of carbonyl (C=O) groups excluding carboxylic acids is 2. The molecule has 0 N–H and O–H groups in total. The van der Waals surface area contributed by atoms with Crippen LogP contribution in [0.5, 0.6) is 0 Å². The maximum Gasteiger partial charge on any atom is 0.316 e. The van der Waals surface area contributed by atoms with Crippen LogP contribution < -0.4 is 0 Å². The smallest absolute Gasteiger partial charge is 0.316 e. The largest absolute Gasteiger partial charge is 0.455 e. The van der Waals surface area contributed by atoms with E-state index in [9.17, 15) is 28.1 Å². The molecular weight excluding hydrogens is 340 g/mol. The molecule has 1 saturated carbocycles. The first-order chi connectivity index (χ1) is 11.1. The summed E-state index contributed by atoms with van der Waals surface area (Å²) in [5.41, 5.74) is 0. The molecule has 3 atom stereocenters. The van der Waals surface area contributed by atoms with E-state index in [1.54, 1.807) is 0 Å². The van der Waals surface area contributed by atoms with Gasteiger partial charge in [0.05, 0.1) is 11.5 Å². The summed E-state index contributed by atoms with van der Waals surface area (Å²) < 4.78 is 28.2. The molecular formula is C14H22N2O7S. The Kier molecular flexibility index (Phi) is 5.46. The summed E-state index contributed by atoms with van der Waals surface area (Å²) >= 11 is 0. The second-order valence-corrected chi connectivity index (χ2v) is 9.03. The van der Waals surface area contributed by atoms with Crippen molar-refractivity contribution in [3.05, 3.63) is 10.1 Å². The molecule has 3 unspecified atom stereocenters. The van der Waals surface area contributed by atoms with Gasteiger partial charge in [0.1, 0.15) is 5.92 Å². The molecule has 0 aromatic heterocycles. The van der Waals surface area contributed by atoms with Gasteiger partial charge in [-0.1, -0.05) is 13.8 Å². The van der Waals surface area contributed by atoms with Crippen LogP contribution in [0.25, 0.3) is 0 Å². The van der Waals surface area contributed by atoms with Gasteiger partial charge in [-0.3, -0.25) is 19.7 Å². The zero-order chi connectivity index (χ0) is 18.1. The Labute approximate surface area is 140 Å². The highest BCUT2D eigenvalue weighted by molar-refractivity contribution is 7.91. The van der Waals surface area contributed by atoms with Crippen LogP contribution in [0.4, 0.5) is 0 Å². The summed E-state index contributed by atoms with van der Waals surface area (Å²) in [6.45, 7) is 3.67. The van der Waals surface area contributed by atoms with Crippen molar-refractivity contribution < 1.29 is 27.7 Å². The van der Waals surface area contributed by atoms with E-state index in [-0.39, 0.29) is 23.8 Å². The molecule has 1 aliphatic carbocycles. The highest BCUT2D eigenvalue weighted by atomic mass is 32.2. The highest BCUT2D eigenvalue weighted by Gasteiger charge is 2.54. The fraction of sp³-hybridized carbons (Fsp3) is 0.857. The van der Waals surface area contributed by atoms with Gasteiger partial charge in [0.15, 0.2) is 16.4 Å². The molecule has 0 spiro atoms. The lowest BCUT2D eigenvalue weighted by molar-refractivity contribution is -0.497. The van der Waals surface area contributed by atoms with E-state index >= 15 is 0 Å². The summed E-state index contributed by atoms with van der Waals surface area (Å²) in [6.07, 6.45) is 0.511. The molecule has 2 aliphatic rings. The molecule has 2 fully saturated rings. The number of rotatable bonds is 7. The maximum atomic E-state index is 12.4. The normalized spacial score (nSPS) is 27.7. The molecule has 0 aromatic rings. The van der Waals surface area contributed by atoms with Crippen LogP contribution in [0.1, 0.15) is 26.7 Å². The predicted molar refractivity (Wildman–Crippen MR) is 83.5 cm³/mol. The lowest BCUT2D eigenvalue weighted by Crippen LogP contribution is -2.45. The van der Waals surface area contributed by atoms with E-state index in [1.807, 2.05) is 13.8 Å². The van der Waals surface area contributed by atoms with Crippen molar-refractivity contribution in [3.8, 4) is 0 Å². The van der Waals surface area contributed by atoms with Gasteiger partial charge >= 0.3 is 5.97 Å². The van der Waals surface area contributed by atoms with Gasteiger partial charge in [-0.15, -0.1) is 0 Å². The van der Waals surface area contributed by atoms with Crippen LogP contribution >= 0.6 is 0 Å². The standard InChI is InChI=1S/C14H22N2O7S/c1-9(2)6-15(10-3-4-24(21,22)8-10)13(17)7-23-14(18)11-5-12(11)16(19)20/h9-12H,3-8H2,1-2H3. The minimum Gasteiger partial charge on any atom is -0.455 e. The first-order valence-corrected chi connectivity index (χ1v) is 9.73. The molecule has 10 heteroatoms. The molecule has 1 heterocycles. The average Bonchev–Trinajstić information content (AvgIpc) is 3.20. The van der Waals surface area contributed by atoms with Crippen molar-refractivity contribution in [2.45, 2.75) is 38.8 Å². The van der Waals surface area contributed by atoms with Crippen LogP contribution in [0.2, 0.25) is 0 Å². The first kappa shape index (κ1) is 18.6. The van der Waals surface area contributed by atoms with Gasteiger partial charge in [0.2, 0.25) is 6.04 Å². The Morgan fingerprint density at radius 3 is 2.50 bits per heavy atom. The monoisotopic (exact) mass is 362 g/mol. The Bertz CT molecular complexity index is 631. The lowest BCUT2D eigenvalue weighted by atomic mass is 10.1. The van der Waals surface area contributed by atoms with E-state index in [2.05, 4.69) is 0 Å². The zero-order valence-corrected chi connectivity index (χ0v) is 14.5. The van der Waals surface area contributed by atoms with E-state index in [0.717, 1.165) is 0 Å². The molecule has 1 amide bonds. The number of esters is 1. The van der Waals surface area contributed by atoms with Crippen molar-refractivity contribution in [2.24, 2.45) is 11.8 Å². The summed E-state index contributed by atoms with van der Waals surface area (Å²) in [5, 5.41) is 10.5. The third-order valence-corrected chi connectivity index (χ3v) is 5.95. The van der Waals surface area contributed by atoms with Crippen LogP contribution in [0.3, 0.4) is 0 Å². The summed E-state index contributed by atoms with van der Waals surface area (Å²) in [5.74, 6) is -1.88. The predicted octanol–water partition coefficient (Wildman–Crippen LogP) is -0.133. The minimum absolute atomic E-state index is 0.0475. The van der Waals surface area contributed by atoms with E-state index in [1.165, 1.54) is 4.90 Å². The third kappa shape index (κ3) is 4.65. The molecule has 2 rings (SSSR count). The molecule has 1 aliphatic heterocycles. The van der Waals surface area contributed by atoms with Crippen LogP contribution in [-0.2, 0) is 24.2 Å². The Hall–Kier alpha value is -1.71. The van der Waals surface area contributed by atoms with Gasteiger partial charge in [0.25, 0.3) is 5.91 Å². The molecule has 1 saturated heterocycles. The lowest BCUT2D eigenvalue weighted by Gasteiger charge is -2.29. The molecule has 0 radical (unpaired) electrons. The topological polar surface area (TPSA) is 124 Å². The quantitative estimate of drug-likeness (QED) is 0.351. The first-order valence-electron chi connectivity index (χ1n) is 7.90. The van der Waals surface area contributed by atoms with Gasteiger partial charge in [-0.25, -0.2) is 8.42 Å². The fourth-order valence-corrected chi connectivity index (χ4v) is 4.59. The van der Waals surface area contributed by atoms with Gasteiger partial charge < -0.3 is 9.64 Å². The van der Waals surface area contributed by atoms with E-state index < -0.39 is 51.2 Å². The molecule has 0 bridgehead atoms. The van der Waals surface area contributed by atoms with Gasteiger partial charge in [0, 0.05) is 23.9 Å². The van der Waals surface area contributed by atoms with Crippen LogP contribution in [0.15, 0.2) is 0 Å². The Balaban J connectivity index is 1.91. The number of ether oxygens (including phenoxy) is 1. The van der Waals surface area contributed by atoms with Gasteiger partial charge in [-0.05, 0) is 12.3 Å². The number of nitro groups is 1. The number of amides is 1. The van der Waals surface area contributed by atoms with Crippen molar-refractivity contribution >= 4 is 21.7 Å². The highest BCUT2D eigenvalue weighted by Crippen LogP contribution is 2.34. The average molecular weight is 362 g/mol. The van der Waals surface area contributed by atoms with Crippen molar-refractivity contribution in [1.29, 1.82) is 0 Å². The number of hydrogen-bond acceptors (Lipinski definition) is 7. The number of nitrogens with zero attached hydrogens (tertiary/aromatic N) is 2. The molecule has 24 heavy (non-hydrogen) atoms. The van der Waals surface area contributed by atoms with Gasteiger partial charge in [-0.2, -0.15) is 0 Å². The number of carbonyl (C=O) groups is 2. The molecule has 136 valence electrons. The van der Waals surface area contributed by atoms with Crippen molar-refractivity contribution in [3.63, 3.8) is 0 Å². The van der Waals surface area contributed by atoms with Crippen LogP contribution in [-0.4, -0.2) is 66.9 Å². The van der Waals surface area contributed by atoms with Crippen molar-refractivity contribution in [2.75, 3.05) is 24.7 Å². The number of sulfone groups is 1. The van der Waals surface area contributed by atoms with Crippen molar-refractivity contribution in [1.82, 2.24) is 4.90 Å². The summed E-state index contributed by atoms with van der Waals surface area (Å²) in [4.78, 5) is 35.5. The minimum atomic E-state index is -3.14. The SMILES string of the molecule is CC(C)CN(C(=O)COC(=O)C1CC1[N+](=O)[O-])C1CCS(=O)(=O)C1. The van der Waals surface area contributed by atoms with Crippen LogP contribution in [0, 0.1) is 22.0 Å². The van der Waals surface area contributed by atoms with E-state index in [0.29, 0.717) is 13.0 Å². The molecule has 0 aromatic carbocycles. The second-order valence-electron chi connectivity index (χ2n) is 6.80. The fourth-order valence-electron chi connectivity index (χ4n) is 2.86. The Morgan fingerprint density at radius 1 is 1.38 bits per heavy atom. The van der Waals surface area contributed by atoms with E-state index in [4.69, 9.17) is 4.74 Å². The molecule has 9 nitrogen and oxygen atoms in total. The summed E-state index contributed by atoms with van der Waals surface area (Å²) in [7, 11) is -3.14. The summed E-state index contributed by atoms with van der Waals surface area (Å²) in [6, 6.07) is -1.32. The second kappa shape index (κ2) is 7.04. The maximum absolute atomic E-state index is 12.4. The Morgan fingerprint density at radius 2 is 2.04 bits per heavy atom. The third-order valence-electron chi connectivity index (χ3n) is 4.20.